The third-order valence-corrected chi connectivity index (χ3v) is 4.99. The van der Waals surface area contributed by atoms with Gasteiger partial charge in [0.2, 0.25) is 0 Å². The van der Waals surface area contributed by atoms with Gasteiger partial charge in [-0.1, -0.05) is 35.5 Å². The van der Waals surface area contributed by atoms with Crippen LogP contribution in [0, 0.1) is 5.41 Å². The third-order valence-electron chi connectivity index (χ3n) is 4.09. The number of likely N-dealkylation sites (tertiary alicyclic amines) is 1. The van der Waals surface area contributed by atoms with Crippen LogP contribution < -0.4 is 5.32 Å². The van der Waals surface area contributed by atoms with E-state index in [1.165, 1.54) is 11.8 Å². The molecule has 5 nitrogen and oxygen atoms in total. The molecule has 1 heterocycles. The number of hydrogen-bond donors (Lipinski definition) is 2. The highest BCUT2D eigenvalue weighted by molar-refractivity contribution is 8.13. The molecule has 1 saturated heterocycles. The molecule has 0 saturated carbocycles. The topological polar surface area (TPSA) is 65.4 Å². The quantitative estimate of drug-likeness (QED) is 0.589. The number of carbonyl (C=O) groups is 1. The molecule has 7 heteroatoms. The summed E-state index contributed by atoms with van der Waals surface area (Å²) in [6, 6.07) is 7.66. The zero-order valence-electron chi connectivity index (χ0n) is 15.1. The van der Waals surface area contributed by atoms with Gasteiger partial charge in [-0.15, -0.1) is 0 Å². The van der Waals surface area contributed by atoms with Gasteiger partial charge in [0, 0.05) is 30.1 Å². The first-order chi connectivity index (χ1) is 11.7. The summed E-state index contributed by atoms with van der Waals surface area (Å²) in [5.41, 5.74) is 0.575. The minimum absolute atomic E-state index is 0.0399. The summed E-state index contributed by atoms with van der Waals surface area (Å²) in [5.74, 6) is 0.0750. The van der Waals surface area contributed by atoms with Crippen LogP contribution in [0.2, 0.25) is 5.02 Å². The van der Waals surface area contributed by atoms with Crippen LogP contribution >= 0.6 is 23.4 Å². The van der Waals surface area contributed by atoms with Gasteiger partial charge >= 0.3 is 6.09 Å². The molecule has 1 fully saturated rings. The Labute approximate surface area is 159 Å². The van der Waals surface area contributed by atoms with Crippen molar-refractivity contribution < 1.29 is 9.53 Å². The second-order valence-electron chi connectivity index (χ2n) is 7.15. The highest BCUT2D eigenvalue weighted by Gasteiger charge is 2.33. The van der Waals surface area contributed by atoms with Crippen LogP contribution in [0.1, 0.15) is 38.7 Å². The number of rotatable bonds is 2. The predicted octanol–water partition coefficient (Wildman–Crippen LogP) is 4.32. The average molecular weight is 384 g/mol. The number of nitrogens with one attached hydrogen (secondary N) is 2. The van der Waals surface area contributed by atoms with Crippen LogP contribution in [0.5, 0.6) is 0 Å². The normalized spacial score (nSPS) is 20.9. The van der Waals surface area contributed by atoms with Crippen molar-refractivity contribution in [1.29, 1.82) is 5.41 Å². The molecular weight excluding hydrogens is 358 g/mol. The number of amidine groups is 1. The van der Waals surface area contributed by atoms with Gasteiger partial charge in [-0.25, -0.2) is 4.79 Å². The molecule has 0 aliphatic carbocycles. The van der Waals surface area contributed by atoms with Crippen molar-refractivity contribution in [2.24, 2.45) is 0 Å². The van der Waals surface area contributed by atoms with E-state index in [1.54, 1.807) is 0 Å². The number of nitrogens with zero attached hydrogens (tertiary/aromatic N) is 1. The smallest absolute Gasteiger partial charge is 0.407 e. The SMILES string of the molecule is CSC(=N)N1CCC(NC(=O)OC(C)(C)C)C(c2ccc(Cl)cc2)C1. The molecule has 25 heavy (non-hydrogen) atoms. The van der Waals surface area contributed by atoms with Crippen LogP contribution in [0.4, 0.5) is 4.79 Å². The highest BCUT2D eigenvalue weighted by atomic mass is 35.5. The van der Waals surface area contributed by atoms with Gasteiger partial charge in [-0.2, -0.15) is 0 Å². The number of ether oxygens (including phenoxy) is 1. The maximum atomic E-state index is 12.2. The van der Waals surface area contributed by atoms with Crippen LogP contribution in [-0.2, 0) is 4.74 Å². The Kier molecular flexibility index (Phi) is 6.63. The van der Waals surface area contributed by atoms with Crippen LogP contribution in [0.3, 0.4) is 0 Å². The maximum Gasteiger partial charge on any atom is 0.407 e. The molecule has 2 atom stereocenters. The molecular formula is C18H26ClN3O2S. The molecule has 0 bridgehead atoms. The summed E-state index contributed by atoms with van der Waals surface area (Å²) in [6.45, 7) is 6.98. The largest absolute Gasteiger partial charge is 0.444 e. The fourth-order valence-electron chi connectivity index (χ4n) is 2.95. The van der Waals surface area contributed by atoms with E-state index >= 15 is 0 Å². The third kappa shape index (κ3) is 5.82. The number of hydrogen-bond acceptors (Lipinski definition) is 4. The molecule has 1 aliphatic rings. The number of benzene rings is 1. The van der Waals surface area contributed by atoms with E-state index in [1.807, 2.05) is 51.3 Å². The lowest BCUT2D eigenvalue weighted by Crippen LogP contribution is -2.51. The summed E-state index contributed by atoms with van der Waals surface area (Å²) in [5, 5.41) is 12.4. The zero-order valence-corrected chi connectivity index (χ0v) is 16.7. The Morgan fingerprint density at radius 3 is 2.56 bits per heavy atom. The number of alkyl carbamates (subject to hydrolysis) is 1. The van der Waals surface area contributed by atoms with Crippen LogP contribution in [0.15, 0.2) is 24.3 Å². The van der Waals surface area contributed by atoms with Gasteiger partial charge in [0.05, 0.1) is 0 Å². The lowest BCUT2D eigenvalue weighted by Gasteiger charge is -2.40. The lowest BCUT2D eigenvalue weighted by atomic mass is 9.86. The summed E-state index contributed by atoms with van der Waals surface area (Å²) >= 11 is 7.44. The molecule has 2 N–H and O–H groups in total. The second-order valence-corrected chi connectivity index (χ2v) is 8.39. The summed E-state index contributed by atoms with van der Waals surface area (Å²) in [4.78, 5) is 14.3. The van der Waals surface area contributed by atoms with Crippen molar-refractivity contribution >= 4 is 34.6 Å². The van der Waals surface area contributed by atoms with Crippen molar-refractivity contribution in [2.75, 3.05) is 19.3 Å². The molecule has 1 aromatic carbocycles. The van der Waals surface area contributed by atoms with Crippen molar-refractivity contribution in [3.8, 4) is 0 Å². The molecule has 0 spiro atoms. The number of piperidine rings is 1. The van der Waals surface area contributed by atoms with E-state index in [-0.39, 0.29) is 12.0 Å². The Morgan fingerprint density at radius 1 is 1.36 bits per heavy atom. The standard InChI is InChI=1S/C18H26ClN3O2S/c1-18(2,3)24-17(23)21-15-9-10-22(16(20)25-4)11-14(15)12-5-7-13(19)8-6-12/h5-8,14-15,20H,9-11H2,1-4H3,(H,21,23). The van der Waals surface area contributed by atoms with E-state index in [0.29, 0.717) is 16.7 Å². The van der Waals surface area contributed by atoms with Crippen molar-refractivity contribution in [1.82, 2.24) is 10.2 Å². The molecule has 2 rings (SSSR count). The fraction of sp³-hybridized carbons (Fsp3) is 0.556. The van der Waals surface area contributed by atoms with Gasteiger partial charge < -0.3 is 15.0 Å². The van der Waals surface area contributed by atoms with E-state index in [2.05, 4.69) is 10.2 Å². The Morgan fingerprint density at radius 2 is 2.00 bits per heavy atom. The Hall–Kier alpha value is -1.40. The fourth-order valence-corrected chi connectivity index (χ4v) is 3.50. The van der Waals surface area contributed by atoms with Gasteiger partial charge in [0.15, 0.2) is 5.17 Å². The average Bonchev–Trinajstić information content (AvgIpc) is 2.53. The van der Waals surface area contributed by atoms with Gasteiger partial charge in [0.1, 0.15) is 5.60 Å². The summed E-state index contributed by atoms with van der Waals surface area (Å²) in [7, 11) is 0. The first-order valence-electron chi connectivity index (χ1n) is 8.32. The molecule has 2 unspecified atom stereocenters. The molecule has 1 amide bonds. The Bertz CT molecular complexity index is 616. The van der Waals surface area contributed by atoms with Crippen LogP contribution in [0.25, 0.3) is 0 Å². The van der Waals surface area contributed by atoms with E-state index in [4.69, 9.17) is 21.7 Å². The second kappa shape index (κ2) is 8.32. The first kappa shape index (κ1) is 19.9. The predicted molar refractivity (Wildman–Crippen MR) is 105 cm³/mol. The molecule has 0 aromatic heterocycles. The first-order valence-corrected chi connectivity index (χ1v) is 9.92. The monoisotopic (exact) mass is 383 g/mol. The Balaban J connectivity index is 2.17. The maximum absolute atomic E-state index is 12.2. The minimum Gasteiger partial charge on any atom is -0.444 e. The number of carbonyl (C=O) groups excluding carboxylic acids is 1. The van der Waals surface area contributed by atoms with Crippen molar-refractivity contribution in [2.45, 2.75) is 44.8 Å². The van der Waals surface area contributed by atoms with Crippen molar-refractivity contribution in [3.05, 3.63) is 34.9 Å². The summed E-state index contributed by atoms with van der Waals surface area (Å²) < 4.78 is 5.41. The zero-order chi connectivity index (χ0) is 18.6. The molecule has 0 radical (unpaired) electrons. The van der Waals surface area contributed by atoms with Gasteiger partial charge in [-0.3, -0.25) is 5.41 Å². The summed E-state index contributed by atoms with van der Waals surface area (Å²) in [6.07, 6.45) is 2.27. The molecule has 1 aromatic rings. The van der Waals surface area contributed by atoms with E-state index < -0.39 is 11.7 Å². The highest BCUT2D eigenvalue weighted by Crippen LogP contribution is 2.29. The van der Waals surface area contributed by atoms with Crippen molar-refractivity contribution in [3.63, 3.8) is 0 Å². The molecule has 1 aliphatic heterocycles. The van der Waals surface area contributed by atoms with Crippen LogP contribution in [-0.4, -0.2) is 47.1 Å². The molecule has 138 valence electrons. The number of amides is 1. The lowest BCUT2D eigenvalue weighted by molar-refractivity contribution is 0.0478. The van der Waals surface area contributed by atoms with Gasteiger partial charge in [-0.05, 0) is 51.1 Å². The van der Waals surface area contributed by atoms with E-state index in [9.17, 15) is 4.79 Å². The van der Waals surface area contributed by atoms with E-state index in [0.717, 1.165) is 18.5 Å². The number of halogens is 1. The number of thioether (sulfide) groups is 1. The van der Waals surface area contributed by atoms with Gasteiger partial charge in [0.25, 0.3) is 0 Å². The minimum atomic E-state index is -0.526.